The predicted octanol–water partition coefficient (Wildman–Crippen LogP) is 3.08. The summed E-state index contributed by atoms with van der Waals surface area (Å²) < 4.78 is 24.0. The number of H-pyrrole nitrogens is 1. The summed E-state index contributed by atoms with van der Waals surface area (Å²) in [6.07, 6.45) is 0. The van der Waals surface area contributed by atoms with Gasteiger partial charge in [-0.1, -0.05) is 48.5 Å². The highest BCUT2D eigenvalue weighted by Gasteiger charge is 2.21. The van der Waals surface area contributed by atoms with Crippen molar-refractivity contribution in [2.45, 2.75) is 13.5 Å². The van der Waals surface area contributed by atoms with Crippen molar-refractivity contribution in [3.8, 4) is 34.3 Å². The first-order valence-corrected chi connectivity index (χ1v) is 12.1. The van der Waals surface area contributed by atoms with Gasteiger partial charge in [-0.3, -0.25) is 0 Å². The van der Waals surface area contributed by atoms with Gasteiger partial charge in [-0.15, -0.1) is 20.4 Å². The van der Waals surface area contributed by atoms with Crippen LogP contribution < -0.4 is 9.47 Å². The van der Waals surface area contributed by atoms with Crippen LogP contribution in [-0.4, -0.2) is 81.0 Å². The molecule has 196 valence electrons. The number of hydrogen-bond acceptors (Lipinski definition) is 10. The number of aromatic nitrogens is 8. The highest BCUT2D eigenvalue weighted by Crippen LogP contribution is 2.32. The molecule has 0 radical (unpaired) electrons. The second-order valence-corrected chi connectivity index (χ2v) is 8.41. The molecule has 0 aliphatic carbocycles. The van der Waals surface area contributed by atoms with Crippen molar-refractivity contribution < 1.29 is 18.9 Å². The Bertz CT molecular complexity index is 1490. The molecule has 0 spiro atoms. The van der Waals surface area contributed by atoms with Crippen LogP contribution >= 0.6 is 0 Å². The molecule has 0 fully saturated rings. The largest absolute Gasteiger partial charge is 0.473 e. The number of aryl methyl sites for hydroxylation is 1. The van der Waals surface area contributed by atoms with Gasteiger partial charge in [0.15, 0.2) is 5.52 Å². The number of benzene rings is 2. The first-order valence-electron chi connectivity index (χ1n) is 12.1. The van der Waals surface area contributed by atoms with Crippen molar-refractivity contribution in [1.82, 2.24) is 40.4 Å². The van der Waals surface area contributed by atoms with Gasteiger partial charge in [0.2, 0.25) is 5.82 Å². The minimum Gasteiger partial charge on any atom is -0.473 e. The Balaban J connectivity index is 1.46. The van der Waals surface area contributed by atoms with Gasteiger partial charge in [-0.2, -0.15) is 5.21 Å². The Morgan fingerprint density at radius 1 is 0.789 bits per heavy atom. The van der Waals surface area contributed by atoms with E-state index in [1.807, 2.05) is 31.2 Å². The van der Waals surface area contributed by atoms with Crippen LogP contribution in [0.3, 0.4) is 0 Å². The normalized spacial score (nSPS) is 11.2. The molecule has 38 heavy (non-hydrogen) atoms. The average molecular weight is 517 g/mol. The summed E-state index contributed by atoms with van der Waals surface area (Å²) in [6, 6.07) is 16.3. The van der Waals surface area contributed by atoms with Crippen LogP contribution in [0.5, 0.6) is 11.8 Å². The molecule has 0 bridgehead atoms. The molecule has 12 heteroatoms. The van der Waals surface area contributed by atoms with E-state index >= 15 is 0 Å². The number of ether oxygens (including phenoxy) is 4. The van der Waals surface area contributed by atoms with Crippen molar-refractivity contribution in [1.29, 1.82) is 0 Å². The lowest BCUT2D eigenvalue weighted by atomic mass is 9.98. The van der Waals surface area contributed by atoms with Crippen molar-refractivity contribution in [2.75, 3.05) is 40.6 Å². The van der Waals surface area contributed by atoms with Crippen LogP contribution in [0.1, 0.15) is 11.4 Å². The van der Waals surface area contributed by atoms with E-state index in [1.54, 1.807) is 14.2 Å². The van der Waals surface area contributed by atoms with Gasteiger partial charge in [-0.05, 0) is 28.8 Å². The van der Waals surface area contributed by atoms with Gasteiger partial charge >= 0.3 is 0 Å². The van der Waals surface area contributed by atoms with E-state index in [4.69, 9.17) is 23.9 Å². The summed E-state index contributed by atoms with van der Waals surface area (Å²) in [5, 5.41) is 23.0. The molecule has 0 unspecified atom stereocenters. The zero-order valence-corrected chi connectivity index (χ0v) is 21.4. The summed E-state index contributed by atoms with van der Waals surface area (Å²) in [7, 11) is 3.24. The third-order valence-electron chi connectivity index (χ3n) is 5.97. The van der Waals surface area contributed by atoms with Crippen LogP contribution in [-0.2, 0) is 16.0 Å². The molecular formula is C26H28N8O4. The minimum atomic E-state index is 0.336. The van der Waals surface area contributed by atoms with Crippen LogP contribution in [0, 0.1) is 6.92 Å². The third kappa shape index (κ3) is 5.31. The van der Waals surface area contributed by atoms with Gasteiger partial charge in [0, 0.05) is 26.3 Å². The molecular weight excluding hydrogens is 488 g/mol. The van der Waals surface area contributed by atoms with Crippen LogP contribution in [0.15, 0.2) is 48.5 Å². The van der Waals surface area contributed by atoms with Crippen molar-refractivity contribution in [2.24, 2.45) is 0 Å². The maximum atomic E-state index is 5.90. The highest BCUT2D eigenvalue weighted by molar-refractivity contribution is 5.85. The molecule has 3 aromatic heterocycles. The molecule has 0 saturated heterocycles. The SMILES string of the molecule is COCCOc1nnc(OCCOC)c2c1nc(C)n2Cc1ccc(-c2ccccc2-c2nn[nH]n2)cc1. The number of nitrogens with zero attached hydrogens (tertiary/aromatic N) is 7. The highest BCUT2D eigenvalue weighted by atomic mass is 16.5. The Labute approximate surface area is 218 Å². The standard InChI is InChI=1S/C26H28N8O4/c1-17-27-22-23(26(38-15-13-36-3)31-30-25(22)37-14-12-35-2)34(17)16-18-8-10-19(11-9-18)20-6-4-5-7-21(20)24-28-32-33-29-24/h4-11H,12-16H2,1-3H3,(H,28,29,32,33). The Kier molecular flexibility index (Phi) is 7.81. The maximum absolute atomic E-state index is 5.90. The maximum Gasteiger partial charge on any atom is 0.262 e. The van der Waals surface area contributed by atoms with Crippen molar-refractivity contribution in [3.63, 3.8) is 0 Å². The Morgan fingerprint density at radius 3 is 2.16 bits per heavy atom. The lowest BCUT2D eigenvalue weighted by Gasteiger charge is -2.12. The number of aromatic amines is 1. The van der Waals surface area contributed by atoms with E-state index in [2.05, 4.69) is 59.7 Å². The summed E-state index contributed by atoms with van der Waals surface area (Å²) >= 11 is 0. The molecule has 0 aliphatic heterocycles. The van der Waals surface area contributed by atoms with Crippen LogP contribution in [0.4, 0.5) is 0 Å². The minimum absolute atomic E-state index is 0.336. The van der Waals surface area contributed by atoms with E-state index in [1.165, 1.54) is 0 Å². The number of imidazole rings is 1. The van der Waals surface area contributed by atoms with Gasteiger partial charge in [0.05, 0.1) is 13.2 Å². The van der Waals surface area contributed by atoms with E-state index in [0.29, 0.717) is 61.6 Å². The average Bonchev–Trinajstić information content (AvgIpc) is 3.59. The van der Waals surface area contributed by atoms with E-state index < -0.39 is 0 Å². The number of nitrogens with one attached hydrogen (secondary N) is 1. The topological polar surface area (TPSA) is 135 Å². The first-order chi connectivity index (χ1) is 18.7. The second-order valence-electron chi connectivity index (χ2n) is 8.41. The van der Waals surface area contributed by atoms with Gasteiger partial charge in [0.1, 0.15) is 24.6 Å². The molecule has 1 N–H and O–H groups in total. The van der Waals surface area contributed by atoms with Gasteiger partial charge in [-0.25, -0.2) is 4.98 Å². The zero-order chi connectivity index (χ0) is 26.3. The molecule has 0 amide bonds. The molecule has 0 saturated carbocycles. The van der Waals surface area contributed by atoms with Crippen LogP contribution in [0.25, 0.3) is 33.5 Å². The zero-order valence-electron chi connectivity index (χ0n) is 21.4. The fourth-order valence-corrected chi connectivity index (χ4v) is 4.13. The Hall–Kier alpha value is -4.42. The van der Waals surface area contributed by atoms with Crippen molar-refractivity contribution in [3.05, 3.63) is 59.9 Å². The van der Waals surface area contributed by atoms with Gasteiger partial charge in [0.25, 0.3) is 11.8 Å². The lowest BCUT2D eigenvalue weighted by Crippen LogP contribution is -2.11. The molecule has 5 aromatic rings. The third-order valence-corrected chi connectivity index (χ3v) is 5.97. The fraction of sp³-hybridized carbons (Fsp3) is 0.308. The van der Waals surface area contributed by atoms with E-state index in [0.717, 1.165) is 28.1 Å². The quantitative estimate of drug-likeness (QED) is 0.246. The van der Waals surface area contributed by atoms with E-state index in [9.17, 15) is 0 Å². The predicted molar refractivity (Wildman–Crippen MR) is 139 cm³/mol. The number of fused-ring (bicyclic) bond motifs is 1. The molecule has 12 nitrogen and oxygen atoms in total. The molecule has 3 heterocycles. The van der Waals surface area contributed by atoms with Crippen LogP contribution in [0.2, 0.25) is 0 Å². The number of methoxy groups -OCH3 is 2. The number of tetrazole rings is 1. The summed E-state index contributed by atoms with van der Waals surface area (Å²) in [5.74, 6) is 2.05. The lowest BCUT2D eigenvalue weighted by molar-refractivity contribution is 0.140. The first kappa shape index (κ1) is 25.2. The fourth-order valence-electron chi connectivity index (χ4n) is 4.13. The summed E-state index contributed by atoms with van der Waals surface area (Å²) in [5.41, 5.74) is 5.35. The number of rotatable bonds is 12. The molecule has 2 aromatic carbocycles. The second kappa shape index (κ2) is 11.8. The van der Waals surface area contributed by atoms with E-state index in [-0.39, 0.29) is 0 Å². The summed E-state index contributed by atoms with van der Waals surface area (Å²) in [4.78, 5) is 4.74. The summed E-state index contributed by atoms with van der Waals surface area (Å²) in [6.45, 7) is 4.02. The Morgan fingerprint density at radius 2 is 1.47 bits per heavy atom. The monoisotopic (exact) mass is 516 g/mol. The molecule has 5 rings (SSSR count). The van der Waals surface area contributed by atoms with Gasteiger partial charge < -0.3 is 23.5 Å². The number of hydrogen-bond donors (Lipinski definition) is 1. The van der Waals surface area contributed by atoms with Crippen molar-refractivity contribution >= 4 is 11.0 Å². The molecule has 0 aliphatic rings. The molecule has 0 atom stereocenters. The smallest absolute Gasteiger partial charge is 0.262 e.